The maximum atomic E-state index is 10.0. The molecule has 0 radical (unpaired) electrons. The number of thiocarbonyl (C=S) groups is 1. The minimum Gasteiger partial charge on any atom is -0.486 e. The van der Waals surface area contributed by atoms with Gasteiger partial charge in [0, 0.05) is 0 Å². The van der Waals surface area contributed by atoms with Crippen molar-refractivity contribution in [3.8, 4) is 0 Å². The lowest BCUT2D eigenvalue weighted by Crippen LogP contribution is -2.27. The van der Waals surface area contributed by atoms with Gasteiger partial charge in [0.05, 0.1) is 7.11 Å². The summed E-state index contributed by atoms with van der Waals surface area (Å²) in [5.41, 5.74) is 0. The fourth-order valence-electron chi connectivity index (χ4n) is 0.138. The minimum atomic E-state index is -0.766. The van der Waals surface area contributed by atoms with E-state index in [0.29, 0.717) is 0 Å². The molecule has 0 heterocycles. The Kier molecular flexibility index (Phi) is 2.86. The Bertz CT molecular complexity index is 113. The minimum absolute atomic E-state index is 0.586. The number of hydrogen-bond donors (Lipinski definition) is 2. The van der Waals surface area contributed by atoms with Crippen LogP contribution in [0.4, 0.5) is 4.79 Å². The molecule has 0 aromatic heterocycles. The summed E-state index contributed by atoms with van der Waals surface area (Å²) in [5, 5.41) is 9.41. The second-order valence-electron chi connectivity index (χ2n) is 0.922. The molecule has 0 rings (SSSR count). The molecule has 5 heteroatoms. The first kappa shape index (κ1) is 7.16. The van der Waals surface area contributed by atoms with Crippen molar-refractivity contribution in [1.29, 1.82) is 0 Å². The summed E-state index contributed by atoms with van der Waals surface area (Å²) < 4.78 is 4.06. The van der Waals surface area contributed by atoms with Crippen LogP contribution in [-0.2, 0) is 4.74 Å². The van der Waals surface area contributed by atoms with Crippen LogP contribution in [0.15, 0.2) is 0 Å². The third-order valence-electron chi connectivity index (χ3n) is 0.394. The number of hydrogen-bond acceptors (Lipinski definition) is 3. The summed E-state index contributed by atoms with van der Waals surface area (Å²) in [6.45, 7) is 0. The Labute approximate surface area is 51.4 Å². The molecule has 0 bridgehead atoms. The van der Waals surface area contributed by atoms with Gasteiger partial charge < -0.3 is 9.84 Å². The molecule has 0 atom stereocenters. The van der Waals surface area contributed by atoms with Crippen molar-refractivity contribution in [1.82, 2.24) is 5.32 Å². The maximum absolute atomic E-state index is 10.0. The van der Waals surface area contributed by atoms with Crippen LogP contribution in [0.1, 0.15) is 0 Å². The third-order valence-corrected chi connectivity index (χ3v) is 0.496. The fraction of sp³-hybridized carbons (Fsp3) is 0.333. The van der Waals surface area contributed by atoms with Crippen molar-refractivity contribution in [3.05, 3.63) is 0 Å². The number of nitrogens with one attached hydrogen (secondary N) is 1. The van der Waals surface area contributed by atoms with Crippen LogP contribution < -0.4 is 5.32 Å². The average Bonchev–Trinajstić information content (AvgIpc) is 1.65. The largest absolute Gasteiger partial charge is 0.486 e. The first-order valence-corrected chi connectivity index (χ1v) is 2.15. The number of carbonyl (C=O) groups is 1. The molecule has 4 nitrogen and oxygen atoms in total. The second-order valence-corrected chi connectivity index (χ2v) is 1.31. The van der Waals surface area contributed by atoms with Crippen molar-refractivity contribution in [2.45, 2.75) is 0 Å². The Morgan fingerprint density at radius 2 is 2.38 bits per heavy atom. The van der Waals surface area contributed by atoms with Gasteiger partial charge in [0.2, 0.25) is 0 Å². The van der Waals surface area contributed by atoms with Gasteiger partial charge in [-0.1, -0.05) is 0 Å². The van der Waals surface area contributed by atoms with E-state index in [9.17, 15) is 4.79 Å². The van der Waals surface area contributed by atoms with E-state index in [4.69, 9.17) is 5.11 Å². The van der Waals surface area contributed by atoms with E-state index in [1.807, 2.05) is 5.32 Å². The molecule has 1 amide bonds. The normalized spacial score (nSPS) is 7.62. The molecule has 0 aromatic carbocycles. The molecule has 0 spiro atoms. The smallest absolute Gasteiger partial charge is 0.414 e. The van der Waals surface area contributed by atoms with Crippen LogP contribution in [-0.4, -0.2) is 23.5 Å². The van der Waals surface area contributed by atoms with Crippen molar-refractivity contribution < 1.29 is 14.6 Å². The molecule has 2 N–H and O–H groups in total. The van der Waals surface area contributed by atoms with E-state index < -0.39 is 11.3 Å². The molecule has 0 aliphatic rings. The summed E-state index contributed by atoms with van der Waals surface area (Å²) in [7, 11) is 1.17. The third kappa shape index (κ3) is 3.35. The van der Waals surface area contributed by atoms with E-state index in [0.717, 1.165) is 0 Å². The first-order valence-electron chi connectivity index (χ1n) is 1.74. The monoisotopic (exact) mass is 135 g/mol. The van der Waals surface area contributed by atoms with Gasteiger partial charge in [0.25, 0.3) is 5.17 Å². The van der Waals surface area contributed by atoms with E-state index in [1.54, 1.807) is 0 Å². The van der Waals surface area contributed by atoms with Crippen LogP contribution in [0, 0.1) is 0 Å². The van der Waals surface area contributed by atoms with E-state index >= 15 is 0 Å². The topological polar surface area (TPSA) is 58.6 Å². The lowest BCUT2D eigenvalue weighted by atomic mass is 11.0. The Morgan fingerprint density at radius 3 is 2.50 bits per heavy atom. The second kappa shape index (κ2) is 3.20. The molecule has 0 saturated heterocycles. The summed E-state index contributed by atoms with van der Waals surface area (Å²) in [4.78, 5) is 10.0. The predicted octanol–water partition coefficient (Wildman–Crippen LogP) is 0.185. The Hall–Kier alpha value is -0.840. The van der Waals surface area contributed by atoms with Gasteiger partial charge in [-0.25, -0.2) is 4.79 Å². The molecule has 0 aliphatic carbocycles. The number of rotatable bonds is 0. The van der Waals surface area contributed by atoms with E-state index in [1.165, 1.54) is 7.11 Å². The predicted molar refractivity (Wildman–Crippen MR) is 30.8 cm³/mol. The zero-order chi connectivity index (χ0) is 6.57. The van der Waals surface area contributed by atoms with Gasteiger partial charge in [-0.3, -0.25) is 5.32 Å². The Morgan fingerprint density at radius 1 is 1.88 bits per heavy atom. The number of amides is 1. The van der Waals surface area contributed by atoms with Crippen LogP contribution in [0.25, 0.3) is 0 Å². The lowest BCUT2D eigenvalue weighted by Gasteiger charge is -1.95. The number of carbonyl (C=O) groups excluding carboxylic acids is 1. The Balaban J connectivity index is 3.40. The standard InChI is InChI=1S/C3H5NO3S/c1-7-2(5)4-3(6)8/h1H3,(H2,4,5,6,8). The van der Waals surface area contributed by atoms with E-state index in [-0.39, 0.29) is 0 Å². The number of aliphatic hydroxyl groups excluding tert-OH is 1. The van der Waals surface area contributed by atoms with Gasteiger partial charge in [0.1, 0.15) is 0 Å². The van der Waals surface area contributed by atoms with Crippen molar-refractivity contribution >= 4 is 23.5 Å². The van der Waals surface area contributed by atoms with Gasteiger partial charge >= 0.3 is 6.09 Å². The quantitative estimate of drug-likeness (QED) is 0.465. The van der Waals surface area contributed by atoms with Gasteiger partial charge in [-0.05, 0) is 12.2 Å². The van der Waals surface area contributed by atoms with Crippen LogP contribution in [0.2, 0.25) is 0 Å². The zero-order valence-electron chi connectivity index (χ0n) is 4.17. The number of aliphatic hydroxyl groups is 1. The maximum Gasteiger partial charge on any atom is 0.414 e. The molecule has 0 aliphatic heterocycles. The molecule has 0 saturated carbocycles. The van der Waals surface area contributed by atoms with Crippen LogP contribution >= 0.6 is 12.2 Å². The number of alkyl carbamates (subject to hydrolysis) is 1. The molecule has 0 unspecified atom stereocenters. The highest BCUT2D eigenvalue weighted by Gasteiger charge is 1.97. The summed E-state index contributed by atoms with van der Waals surface area (Å²) in [6.07, 6.45) is -0.766. The molecule has 0 aromatic rings. The van der Waals surface area contributed by atoms with Crippen LogP contribution in [0.3, 0.4) is 0 Å². The van der Waals surface area contributed by atoms with Crippen molar-refractivity contribution in [2.24, 2.45) is 0 Å². The fourth-order valence-corrected chi connectivity index (χ4v) is 0.222. The highest BCUT2D eigenvalue weighted by molar-refractivity contribution is 7.80. The first-order chi connectivity index (χ1) is 3.66. The molecular weight excluding hydrogens is 130 g/mol. The summed E-state index contributed by atoms with van der Waals surface area (Å²) in [5.74, 6) is 0. The number of ether oxygens (including phenoxy) is 1. The average molecular weight is 135 g/mol. The van der Waals surface area contributed by atoms with E-state index in [2.05, 4.69) is 17.0 Å². The molecular formula is C3H5NO3S. The zero-order valence-corrected chi connectivity index (χ0v) is 4.99. The van der Waals surface area contributed by atoms with Crippen LogP contribution in [0.5, 0.6) is 0 Å². The van der Waals surface area contributed by atoms with Gasteiger partial charge in [-0.15, -0.1) is 0 Å². The number of methoxy groups -OCH3 is 1. The highest BCUT2D eigenvalue weighted by Crippen LogP contribution is 1.69. The van der Waals surface area contributed by atoms with Crippen molar-refractivity contribution in [3.63, 3.8) is 0 Å². The highest BCUT2D eigenvalue weighted by atomic mass is 32.1. The van der Waals surface area contributed by atoms with Gasteiger partial charge in [-0.2, -0.15) is 0 Å². The summed E-state index contributed by atoms with van der Waals surface area (Å²) >= 11 is 4.08. The molecule has 0 fully saturated rings. The van der Waals surface area contributed by atoms with Crippen molar-refractivity contribution in [2.75, 3.05) is 7.11 Å². The lowest BCUT2D eigenvalue weighted by molar-refractivity contribution is 0.175. The molecule has 8 heavy (non-hydrogen) atoms. The molecule has 46 valence electrons. The SMILES string of the molecule is COC(=O)NC(O)=S. The van der Waals surface area contributed by atoms with Gasteiger partial charge in [0.15, 0.2) is 0 Å². The summed E-state index contributed by atoms with van der Waals surface area (Å²) in [6, 6.07) is 0.